The summed E-state index contributed by atoms with van der Waals surface area (Å²) in [5.41, 5.74) is 2.20. The average molecular weight is 368 g/mol. The molecular formula is C21H24N2O4. The predicted molar refractivity (Wildman–Crippen MR) is 104 cm³/mol. The molecule has 0 unspecified atom stereocenters. The van der Waals surface area contributed by atoms with Gasteiger partial charge >= 0.3 is 5.97 Å². The minimum atomic E-state index is -1.08. The molecule has 0 bridgehead atoms. The Bertz CT molecular complexity index is 799. The van der Waals surface area contributed by atoms with Crippen molar-refractivity contribution in [3.8, 4) is 0 Å². The van der Waals surface area contributed by atoms with E-state index in [0.717, 1.165) is 11.1 Å². The van der Waals surface area contributed by atoms with Crippen molar-refractivity contribution in [2.45, 2.75) is 32.1 Å². The minimum absolute atomic E-state index is 0.0859. The molecule has 0 saturated heterocycles. The van der Waals surface area contributed by atoms with Gasteiger partial charge in [-0.25, -0.2) is 0 Å². The zero-order valence-corrected chi connectivity index (χ0v) is 15.5. The first-order chi connectivity index (χ1) is 12.8. The van der Waals surface area contributed by atoms with Gasteiger partial charge in [0, 0.05) is 12.1 Å². The second kappa shape index (κ2) is 8.98. The molecule has 6 heteroatoms. The second-order valence-corrected chi connectivity index (χ2v) is 7.02. The summed E-state index contributed by atoms with van der Waals surface area (Å²) in [6.45, 7) is 3.66. The standard InChI is InChI=1S/C21H24N2O4/c1-21(2,16-6-4-3-5-7-16)13-19(25)23-17-10-8-15(9-11-17)12-18(24)22-14-20(26)27/h3-11H,12-14H2,1-2H3,(H,22,24)(H,23,25)(H,26,27). The lowest BCUT2D eigenvalue weighted by Crippen LogP contribution is -2.30. The Morgan fingerprint density at radius 2 is 1.56 bits per heavy atom. The number of hydrogen-bond acceptors (Lipinski definition) is 3. The summed E-state index contributed by atoms with van der Waals surface area (Å²) in [7, 11) is 0. The van der Waals surface area contributed by atoms with Gasteiger partial charge in [-0.2, -0.15) is 0 Å². The Balaban J connectivity index is 1.89. The maximum atomic E-state index is 12.4. The van der Waals surface area contributed by atoms with Crippen LogP contribution in [0.25, 0.3) is 0 Å². The number of aliphatic carboxylic acids is 1. The first-order valence-electron chi connectivity index (χ1n) is 8.69. The van der Waals surface area contributed by atoms with Crippen LogP contribution in [0.4, 0.5) is 5.69 Å². The molecule has 142 valence electrons. The third-order valence-electron chi connectivity index (χ3n) is 4.20. The molecule has 0 spiro atoms. The summed E-state index contributed by atoms with van der Waals surface area (Å²) in [6, 6.07) is 16.8. The number of amides is 2. The summed E-state index contributed by atoms with van der Waals surface area (Å²) in [4.78, 5) is 34.4. The zero-order chi connectivity index (χ0) is 19.9. The zero-order valence-electron chi connectivity index (χ0n) is 15.5. The van der Waals surface area contributed by atoms with Crippen molar-refractivity contribution >= 4 is 23.5 Å². The lowest BCUT2D eigenvalue weighted by molar-refractivity contribution is -0.137. The van der Waals surface area contributed by atoms with Crippen molar-refractivity contribution in [2.75, 3.05) is 11.9 Å². The van der Waals surface area contributed by atoms with Gasteiger partial charge in [0.05, 0.1) is 6.42 Å². The number of carbonyl (C=O) groups is 3. The largest absolute Gasteiger partial charge is 0.480 e. The van der Waals surface area contributed by atoms with Gasteiger partial charge in [0.2, 0.25) is 11.8 Å². The van der Waals surface area contributed by atoms with E-state index < -0.39 is 12.5 Å². The molecule has 27 heavy (non-hydrogen) atoms. The molecule has 2 aromatic carbocycles. The Hall–Kier alpha value is -3.15. The van der Waals surface area contributed by atoms with Crippen molar-refractivity contribution in [2.24, 2.45) is 0 Å². The number of benzene rings is 2. The molecular weight excluding hydrogens is 344 g/mol. The van der Waals surface area contributed by atoms with Gasteiger partial charge in [-0.15, -0.1) is 0 Å². The highest BCUT2D eigenvalue weighted by Gasteiger charge is 2.24. The van der Waals surface area contributed by atoms with E-state index in [1.54, 1.807) is 24.3 Å². The van der Waals surface area contributed by atoms with E-state index in [9.17, 15) is 14.4 Å². The normalized spacial score (nSPS) is 10.9. The van der Waals surface area contributed by atoms with E-state index in [-0.39, 0.29) is 23.7 Å². The molecule has 0 aliphatic carbocycles. The lowest BCUT2D eigenvalue weighted by Gasteiger charge is -2.24. The van der Waals surface area contributed by atoms with Gasteiger partial charge in [-0.1, -0.05) is 56.3 Å². The third-order valence-corrected chi connectivity index (χ3v) is 4.20. The Labute approximate surface area is 158 Å². The van der Waals surface area contributed by atoms with Crippen LogP contribution < -0.4 is 10.6 Å². The topological polar surface area (TPSA) is 95.5 Å². The summed E-state index contributed by atoms with van der Waals surface area (Å²) in [6.07, 6.45) is 0.429. The highest BCUT2D eigenvalue weighted by atomic mass is 16.4. The van der Waals surface area contributed by atoms with E-state index in [1.165, 1.54) is 0 Å². The number of rotatable bonds is 8. The number of nitrogens with one attached hydrogen (secondary N) is 2. The molecule has 0 radical (unpaired) electrons. The van der Waals surface area contributed by atoms with Crippen LogP contribution in [0.1, 0.15) is 31.4 Å². The van der Waals surface area contributed by atoms with E-state index in [4.69, 9.17) is 5.11 Å². The average Bonchev–Trinajstić information content (AvgIpc) is 2.62. The van der Waals surface area contributed by atoms with Crippen LogP contribution in [-0.2, 0) is 26.2 Å². The number of carbonyl (C=O) groups excluding carboxylic acids is 2. The van der Waals surface area contributed by atoms with Gasteiger partial charge in [-0.05, 0) is 28.7 Å². The molecule has 0 aliphatic rings. The van der Waals surface area contributed by atoms with Crippen molar-refractivity contribution in [1.82, 2.24) is 5.32 Å². The Kier molecular flexibility index (Phi) is 6.71. The quantitative estimate of drug-likeness (QED) is 0.668. The highest BCUT2D eigenvalue weighted by molar-refractivity contribution is 5.91. The van der Waals surface area contributed by atoms with E-state index >= 15 is 0 Å². The summed E-state index contributed by atoms with van der Waals surface area (Å²) < 4.78 is 0. The number of hydrogen-bond donors (Lipinski definition) is 3. The number of carboxylic acid groups (broad SMARTS) is 1. The van der Waals surface area contributed by atoms with Crippen LogP contribution in [0.15, 0.2) is 54.6 Å². The van der Waals surface area contributed by atoms with Gasteiger partial charge in [0.1, 0.15) is 6.54 Å². The maximum Gasteiger partial charge on any atom is 0.322 e. The smallest absolute Gasteiger partial charge is 0.322 e. The molecule has 3 N–H and O–H groups in total. The predicted octanol–water partition coefficient (Wildman–Crippen LogP) is 2.74. The lowest BCUT2D eigenvalue weighted by atomic mass is 9.81. The SMILES string of the molecule is CC(C)(CC(=O)Nc1ccc(CC(=O)NCC(=O)O)cc1)c1ccccc1. The van der Waals surface area contributed by atoms with Crippen molar-refractivity contribution in [3.05, 3.63) is 65.7 Å². The molecule has 0 atom stereocenters. The molecule has 2 rings (SSSR count). The highest BCUT2D eigenvalue weighted by Crippen LogP contribution is 2.27. The van der Waals surface area contributed by atoms with E-state index in [0.29, 0.717) is 12.1 Å². The monoisotopic (exact) mass is 368 g/mol. The molecule has 0 aromatic heterocycles. The van der Waals surface area contributed by atoms with Crippen LogP contribution in [-0.4, -0.2) is 29.4 Å². The fourth-order valence-electron chi connectivity index (χ4n) is 2.73. The fourth-order valence-corrected chi connectivity index (χ4v) is 2.73. The van der Waals surface area contributed by atoms with E-state index in [2.05, 4.69) is 10.6 Å². The van der Waals surface area contributed by atoms with Gasteiger partial charge in [0.15, 0.2) is 0 Å². The third kappa shape index (κ3) is 6.58. The molecule has 6 nitrogen and oxygen atoms in total. The number of carboxylic acids is 1. The Morgan fingerprint density at radius 3 is 2.15 bits per heavy atom. The van der Waals surface area contributed by atoms with Crippen molar-refractivity contribution in [1.29, 1.82) is 0 Å². The summed E-state index contributed by atoms with van der Waals surface area (Å²) >= 11 is 0. The van der Waals surface area contributed by atoms with Crippen LogP contribution >= 0.6 is 0 Å². The van der Waals surface area contributed by atoms with E-state index in [1.807, 2.05) is 44.2 Å². The van der Waals surface area contributed by atoms with Crippen LogP contribution in [0.5, 0.6) is 0 Å². The van der Waals surface area contributed by atoms with Gasteiger partial charge in [0.25, 0.3) is 0 Å². The maximum absolute atomic E-state index is 12.4. The summed E-state index contributed by atoms with van der Waals surface area (Å²) in [5.74, 6) is -1.53. The first kappa shape index (κ1) is 20.2. The van der Waals surface area contributed by atoms with Crippen molar-refractivity contribution < 1.29 is 19.5 Å². The first-order valence-corrected chi connectivity index (χ1v) is 8.69. The molecule has 0 fully saturated rings. The molecule has 0 heterocycles. The van der Waals surface area contributed by atoms with Crippen LogP contribution in [0.3, 0.4) is 0 Å². The second-order valence-electron chi connectivity index (χ2n) is 7.02. The Morgan fingerprint density at radius 1 is 0.926 bits per heavy atom. The number of anilines is 1. The fraction of sp³-hybridized carbons (Fsp3) is 0.286. The van der Waals surface area contributed by atoms with Crippen LogP contribution in [0, 0.1) is 0 Å². The molecule has 0 saturated carbocycles. The van der Waals surface area contributed by atoms with Crippen molar-refractivity contribution in [3.63, 3.8) is 0 Å². The summed E-state index contributed by atoms with van der Waals surface area (Å²) in [5, 5.41) is 13.7. The molecule has 2 amide bonds. The minimum Gasteiger partial charge on any atom is -0.480 e. The van der Waals surface area contributed by atoms with Crippen LogP contribution in [0.2, 0.25) is 0 Å². The molecule has 0 aliphatic heterocycles. The molecule has 2 aromatic rings. The van der Waals surface area contributed by atoms with Gasteiger partial charge in [-0.3, -0.25) is 14.4 Å². The van der Waals surface area contributed by atoms with Gasteiger partial charge < -0.3 is 15.7 Å².